The molecule has 0 N–H and O–H groups in total. The highest BCUT2D eigenvalue weighted by Gasteiger charge is 2.08. The fourth-order valence-electron chi connectivity index (χ4n) is 2.26. The number of rotatable bonds is 10. The van der Waals surface area contributed by atoms with Gasteiger partial charge in [0.2, 0.25) is 0 Å². The van der Waals surface area contributed by atoms with Gasteiger partial charge in [0.1, 0.15) is 11.5 Å². The van der Waals surface area contributed by atoms with Crippen molar-refractivity contribution in [3.05, 3.63) is 59.7 Å². The SMILES string of the molecule is ClCCCOc1ccccc1Cc1ccccc1OCCCCl. The van der Waals surface area contributed by atoms with Gasteiger partial charge in [0, 0.05) is 18.2 Å². The molecule has 0 aliphatic heterocycles. The van der Waals surface area contributed by atoms with Crippen molar-refractivity contribution in [1.82, 2.24) is 0 Å². The summed E-state index contributed by atoms with van der Waals surface area (Å²) >= 11 is 11.4. The van der Waals surface area contributed by atoms with Gasteiger partial charge in [0.25, 0.3) is 0 Å². The number of para-hydroxylation sites is 2. The van der Waals surface area contributed by atoms with Gasteiger partial charge in [0.05, 0.1) is 13.2 Å². The Hall–Kier alpha value is -1.38. The predicted molar refractivity (Wildman–Crippen MR) is 97.4 cm³/mol. The van der Waals surface area contributed by atoms with Gasteiger partial charge in [-0.2, -0.15) is 0 Å². The van der Waals surface area contributed by atoms with Crippen LogP contribution in [0.4, 0.5) is 0 Å². The van der Waals surface area contributed by atoms with Gasteiger partial charge in [-0.15, -0.1) is 23.2 Å². The highest BCUT2D eigenvalue weighted by molar-refractivity contribution is 6.18. The molecule has 0 bridgehead atoms. The molecule has 0 heterocycles. The minimum atomic E-state index is 0.611. The molecule has 0 fully saturated rings. The highest BCUT2D eigenvalue weighted by atomic mass is 35.5. The Balaban J connectivity index is 2.09. The molecule has 0 spiro atoms. The fraction of sp³-hybridized carbons (Fsp3) is 0.368. The Bertz CT molecular complexity index is 536. The lowest BCUT2D eigenvalue weighted by molar-refractivity contribution is 0.312. The van der Waals surface area contributed by atoms with E-state index in [4.69, 9.17) is 32.7 Å². The van der Waals surface area contributed by atoms with E-state index in [1.165, 1.54) is 0 Å². The van der Waals surface area contributed by atoms with E-state index in [9.17, 15) is 0 Å². The Labute approximate surface area is 148 Å². The molecule has 124 valence electrons. The maximum atomic E-state index is 5.85. The molecule has 0 unspecified atom stereocenters. The molecule has 0 aliphatic rings. The van der Waals surface area contributed by atoms with Crippen molar-refractivity contribution >= 4 is 23.2 Å². The molecule has 23 heavy (non-hydrogen) atoms. The quantitative estimate of drug-likeness (QED) is 0.427. The van der Waals surface area contributed by atoms with Crippen LogP contribution in [0.25, 0.3) is 0 Å². The van der Waals surface area contributed by atoms with Crippen LogP contribution in [0.3, 0.4) is 0 Å². The fourth-order valence-corrected chi connectivity index (χ4v) is 2.48. The van der Waals surface area contributed by atoms with Crippen molar-refractivity contribution in [3.8, 4) is 11.5 Å². The van der Waals surface area contributed by atoms with E-state index in [1.807, 2.05) is 36.4 Å². The Morgan fingerprint density at radius 3 is 1.52 bits per heavy atom. The van der Waals surface area contributed by atoms with Gasteiger partial charge in [-0.05, 0) is 36.1 Å². The number of alkyl halides is 2. The Kier molecular flexibility index (Phi) is 8.13. The summed E-state index contributed by atoms with van der Waals surface area (Å²) in [4.78, 5) is 0. The standard InChI is InChI=1S/C19H22Cl2O2/c20-11-5-13-22-18-9-3-1-7-16(18)15-17-8-2-4-10-19(17)23-14-6-12-21/h1-4,7-10H,5-6,11-15H2. The molecular weight excluding hydrogens is 331 g/mol. The van der Waals surface area contributed by atoms with Crippen molar-refractivity contribution in [2.45, 2.75) is 19.3 Å². The highest BCUT2D eigenvalue weighted by Crippen LogP contribution is 2.26. The molecule has 4 heteroatoms. The maximum absolute atomic E-state index is 5.85. The molecule has 0 radical (unpaired) electrons. The van der Waals surface area contributed by atoms with Gasteiger partial charge in [0.15, 0.2) is 0 Å². The van der Waals surface area contributed by atoms with Crippen LogP contribution < -0.4 is 9.47 Å². The molecule has 2 rings (SSSR count). The van der Waals surface area contributed by atoms with Crippen molar-refractivity contribution in [2.75, 3.05) is 25.0 Å². The summed E-state index contributed by atoms with van der Waals surface area (Å²) in [6.45, 7) is 1.27. The van der Waals surface area contributed by atoms with Crippen LogP contribution >= 0.6 is 23.2 Å². The van der Waals surface area contributed by atoms with Crippen molar-refractivity contribution in [1.29, 1.82) is 0 Å². The lowest BCUT2D eigenvalue weighted by Crippen LogP contribution is -2.03. The normalized spacial score (nSPS) is 10.5. The van der Waals surface area contributed by atoms with E-state index in [1.54, 1.807) is 0 Å². The number of hydrogen-bond donors (Lipinski definition) is 0. The first-order chi connectivity index (χ1) is 11.3. The molecule has 2 aromatic carbocycles. The second-order valence-electron chi connectivity index (χ2n) is 5.17. The average Bonchev–Trinajstić information content (AvgIpc) is 2.58. The molecule has 2 nitrogen and oxygen atoms in total. The molecule has 0 amide bonds. The van der Waals surface area contributed by atoms with Gasteiger partial charge < -0.3 is 9.47 Å². The van der Waals surface area contributed by atoms with Gasteiger partial charge in [-0.3, -0.25) is 0 Å². The summed E-state index contributed by atoms with van der Waals surface area (Å²) in [5.74, 6) is 3.04. The van der Waals surface area contributed by atoms with Crippen molar-refractivity contribution < 1.29 is 9.47 Å². The molecule has 0 saturated carbocycles. The Morgan fingerprint density at radius 2 is 1.09 bits per heavy atom. The Morgan fingerprint density at radius 1 is 0.652 bits per heavy atom. The van der Waals surface area contributed by atoms with Gasteiger partial charge in [-0.25, -0.2) is 0 Å². The largest absolute Gasteiger partial charge is 0.493 e. The zero-order valence-electron chi connectivity index (χ0n) is 13.1. The molecule has 2 aromatic rings. The van der Waals surface area contributed by atoms with Crippen molar-refractivity contribution in [3.63, 3.8) is 0 Å². The predicted octanol–water partition coefficient (Wildman–Crippen LogP) is 5.29. The van der Waals surface area contributed by atoms with Crippen LogP contribution in [-0.2, 0) is 6.42 Å². The molecular formula is C19H22Cl2O2. The minimum absolute atomic E-state index is 0.611. The van der Waals surface area contributed by atoms with Crippen molar-refractivity contribution in [2.24, 2.45) is 0 Å². The molecule has 0 aromatic heterocycles. The summed E-state index contributed by atoms with van der Waals surface area (Å²) in [6.07, 6.45) is 2.45. The van der Waals surface area contributed by atoms with Crippen LogP contribution in [0.2, 0.25) is 0 Å². The van der Waals surface area contributed by atoms with Gasteiger partial charge in [-0.1, -0.05) is 36.4 Å². The van der Waals surface area contributed by atoms with E-state index in [0.29, 0.717) is 25.0 Å². The zero-order valence-corrected chi connectivity index (χ0v) is 14.7. The zero-order chi connectivity index (χ0) is 16.3. The third-order valence-corrected chi connectivity index (χ3v) is 3.93. The summed E-state index contributed by atoms with van der Waals surface area (Å²) < 4.78 is 11.7. The monoisotopic (exact) mass is 352 g/mol. The second-order valence-corrected chi connectivity index (χ2v) is 5.93. The third kappa shape index (κ3) is 5.96. The first kappa shape index (κ1) is 18.0. The van der Waals surface area contributed by atoms with Crippen LogP contribution in [0.5, 0.6) is 11.5 Å². The van der Waals surface area contributed by atoms with E-state index in [2.05, 4.69) is 12.1 Å². The van der Waals surface area contributed by atoms with Crippen LogP contribution in [0, 0.1) is 0 Å². The second kappa shape index (κ2) is 10.4. The van der Waals surface area contributed by atoms with E-state index >= 15 is 0 Å². The van der Waals surface area contributed by atoms with E-state index in [-0.39, 0.29) is 0 Å². The van der Waals surface area contributed by atoms with Crippen LogP contribution in [0.1, 0.15) is 24.0 Å². The smallest absolute Gasteiger partial charge is 0.122 e. The third-order valence-electron chi connectivity index (χ3n) is 3.40. The number of hydrogen-bond acceptors (Lipinski definition) is 2. The van der Waals surface area contributed by atoms with E-state index < -0.39 is 0 Å². The number of benzene rings is 2. The summed E-state index contributed by atoms with van der Waals surface area (Å²) in [7, 11) is 0. The first-order valence-corrected chi connectivity index (χ1v) is 8.95. The topological polar surface area (TPSA) is 18.5 Å². The number of halogens is 2. The lowest BCUT2D eigenvalue weighted by atomic mass is 10.0. The average molecular weight is 353 g/mol. The van der Waals surface area contributed by atoms with E-state index in [0.717, 1.165) is 41.9 Å². The van der Waals surface area contributed by atoms with Crippen LogP contribution in [0.15, 0.2) is 48.5 Å². The van der Waals surface area contributed by atoms with Crippen LogP contribution in [-0.4, -0.2) is 25.0 Å². The molecule has 0 saturated heterocycles. The summed E-state index contributed by atoms with van der Waals surface area (Å²) in [6, 6.07) is 16.2. The summed E-state index contributed by atoms with van der Waals surface area (Å²) in [5.41, 5.74) is 2.30. The minimum Gasteiger partial charge on any atom is -0.493 e. The lowest BCUT2D eigenvalue weighted by Gasteiger charge is -2.14. The maximum Gasteiger partial charge on any atom is 0.122 e. The molecule has 0 aliphatic carbocycles. The van der Waals surface area contributed by atoms with Gasteiger partial charge >= 0.3 is 0 Å². The number of ether oxygens (including phenoxy) is 2. The summed E-state index contributed by atoms with van der Waals surface area (Å²) in [5, 5.41) is 0. The first-order valence-electron chi connectivity index (χ1n) is 7.88. The molecule has 0 atom stereocenters.